The Balaban J connectivity index is 1.63. The quantitative estimate of drug-likeness (QED) is 0.785. The van der Waals surface area contributed by atoms with Gasteiger partial charge in [0.15, 0.2) is 18.1 Å². The van der Waals surface area contributed by atoms with Crippen LogP contribution >= 0.6 is 11.3 Å². The summed E-state index contributed by atoms with van der Waals surface area (Å²) in [5.41, 5.74) is -0.490. The van der Waals surface area contributed by atoms with E-state index in [1.54, 1.807) is 23.1 Å². The molecule has 0 aliphatic carbocycles. The number of para-hydroxylation sites is 1. The van der Waals surface area contributed by atoms with E-state index in [9.17, 15) is 14.7 Å². The first-order valence-electron chi connectivity index (χ1n) is 9.14. The number of nitrogens with one attached hydrogen (secondary N) is 1. The van der Waals surface area contributed by atoms with Crippen molar-refractivity contribution >= 4 is 28.7 Å². The number of aliphatic hydroxyl groups is 1. The summed E-state index contributed by atoms with van der Waals surface area (Å²) in [6, 6.07) is 10.8. The predicted molar refractivity (Wildman–Crippen MR) is 101 cm³/mol. The number of Topliss-reactive ketones (excluding diaryl/α,β-unsaturated/α-hetero) is 1. The standard InChI is InChI=1S/C20H22N2O3S/c23-17(18-9-6-12-26-18)13-20(25)15-7-2-3-8-16(15)22(19(20)24)14-21-10-4-1-5-11-21/h2-3,6-9,12,25H,1,4-5,10-11,13-14H2/p+1/t20-/m1/s1. The highest BCUT2D eigenvalue weighted by molar-refractivity contribution is 7.12. The van der Waals surface area contributed by atoms with Crippen molar-refractivity contribution in [2.24, 2.45) is 0 Å². The number of carbonyl (C=O) groups excluding carboxylic acids is 2. The van der Waals surface area contributed by atoms with Gasteiger partial charge in [-0.1, -0.05) is 24.3 Å². The topological polar surface area (TPSA) is 62.0 Å². The lowest BCUT2D eigenvalue weighted by molar-refractivity contribution is -0.903. The molecule has 1 atom stereocenters. The van der Waals surface area contributed by atoms with Crippen LogP contribution in [0, 0.1) is 0 Å². The van der Waals surface area contributed by atoms with Crippen molar-refractivity contribution in [1.82, 2.24) is 0 Å². The first-order chi connectivity index (χ1) is 12.6. The summed E-state index contributed by atoms with van der Waals surface area (Å²) in [6.45, 7) is 2.63. The zero-order valence-corrected chi connectivity index (χ0v) is 15.4. The summed E-state index contributed by atoms with van der Waals surface area (Å²) < 4.78 is 0. The molecule has 136 valence electrons. The maximum absolute atomic E-state index is 13.2. The van der Waals surface area contributed by atoms with Crippen molar-refractivity contribution in [3.63, 3.8) is 0 Å². The van der Waals surface area contributed by atoms with E-state index in [4.69, 9.17) is 0 Å². The van der Waals surface area contributed by atoms with Gasteiger partial charge in [0.1, 0.15) is 0 Å². The maximum atomic E-state index is 13.2. The number of amides is 1. The van der Waals surface area contributed by atoms with Crippen LogP contribution in [0.15, 0.2) is 41.8 Å². The number of ketones is 1. The average Bonchev–Trinajstić information content (AvgIpc) is 3.26. The average molecular weight is 371 g/mol. The lowest BCUT2D eigenvalue weighted by atomic mass is 9.89. The Labute approximate surface area is 156 Å². The van der Waals surface area contributed by atoms with Crippen LogP contribution in [0.25, 0.3) is 0 Å². The minimum atomic E-state index is -1.77. The Bertz CT molecular complexity index is 814. The molecule has 0 bridgehead atoms. The van der Waals surface area contributed by atoms with Crippen LogP contribution in [0.1, 0.15) is 40.9 Å². The van der Waals surface area contributed by atoms with Gasteiger partial charge < -0.3 is 10.0 Å². The van der Waals surface area contributed by atoms with Crippen LogP contribution < -0.4 is 9.80 Å². The molecule has 0 saturated carbocycles. The third kappa shape index (κ3) is 2.98. The predicted octanol–water partition coefficient (Wildman–Crippen LogP) is 1.58. The van der Waals surface area contributed by atoms with Crippen LogP contribution in [0.5, 0.6) is 0 Å². The monoisotopic (exact) mass is 371 g/mol. The van der Waals surface area contributed by atoms with Gasteiger partial charge in [-0.3, -0.25) is 14.5 Å². The lowest BCUT2D eigenvalue weighted by Crippen LogP contribution is -3.14. The molecular weight excluding hydrogens is 348 g/mol. The zero-order chi connectivity index (χ0) is 18.1. The molecule has 1 amide bonds. The van der Waals surface area contributed by atoms with Crippen LogP contribution in [-0.4, -0.2) is 36.6 Å². The van der Waals surface area contributed by atoms with Crippen molar-refractivity contribution in [1.29, 1.82) is 0 Å². The van der Waals surface area contributed by atoms with Gasteiger partial charge in [0, 0.05) is 5.56 Å². The molecule has 5 nitrogen and oxygen atoms in total. The normalized spacial score (nSPS) is 23.3. The van der Waals surface area contributed by atoms with Gasteiger partial charge in [-0.2, -0.15) is 0 Å². The van der Waals surface area contributed by atoms with Crippen molar-refractivity contribution in [2.45, 2.75) is 31.3 Å². The van der Waals surface area contributed by atoms with Gasteiger partial charge in [0.05, 0.1) is 30.1 Å². The fourth-order valence-electron chi connectivity index (χ4n) is 4.02. The number of likely N-dealkylation sites (tertiary alicyclic amines) is 1. The van der Waals surface area contributed by atoms with Gasteiger partial charge in [-0.25, -0.2) is 0 Å². The highest BCUT2D eigenvalue weighted by atomic mass is 32.1. The number of hydrogen-bond donors (Lipinski definition) is 2. The number of nitrogens with zero attached hydrogens (tertiary/aromatic N) is 1. The van der Waals surface area contributed by atoms with Gasteiger partial charge in [0.25, 0.3) is 5.91 Å². The maximum Gasteiger partial charge on any atom is 0.268 e. The number of benzene rings is 1. The second kappa shape index (κ2) is 6.95. The van der Waals surface area contributed by atoms with Crippen molar-refractivity contribution in [2.75, 3.05) is 24.7 Å². The molecule has 0 spiro atoms. The Hall–Kier alpha value is -2.02. The van der Waals surface area contributed by atoms with E-state index in [1.807, 2.05) is 23.6 Å². The molecule has 1 saturated heterocycles. The fourth-order valence-corrected chi connectivity index (χ4v) is 4.69. The van der Waals surface area contributed by atoms with Gasteiger partial charge in [-0.15, -0.1) is 11.3 Å². The van der Waals surface area contributed by atoms with E-state index >= 15 is 0 Å². The second-order valence-electron chi connectivity index (χ2n) is 7.16. The molecule has 3 heterocycles. The first-order valence-corrected chi connectivity index (χ1v) is 10.0. The Kier molecular flexibility index (Phi) is 4.65. The molecule has 2 N–H and O–H groups in total. The summed E-state index contributed by atoms with van der Waals surface area (Å²) in [6.07, 6.45) is 3.36. The van der Waals surface area contributed by atoms with E-state index in [0.717, 1.165) is 18.8 Å². The molecule has 1 aromatic heterocycles. The summed E-state index contributed by atoms with van der Waals surface area (Å²) in [5.74, 6) is -0.570. The number of thiophene rings is 1. The number of rotatable bonds is 5. The Morgan fingerprint density at radius 3 is 2.65 bits per heavy atom. The highest BCUT2D eigenvalue weighted by Crippen LogP contribution is 2.42. The number of quaternary nitrogens is 1. The van der Waals surface area contributed by atoms with E-state index < -0.39 is 5.60 Å². The molecule has 0 radical (unpaired) electrons. The van der Waals surface area contributed by atoms with Crippen LogP contribution in [-0.2, 0) is 10.4 Å². The van der Waals surface area contributed by atoms with Crippen molar-refractivity contribution in [3.05, 3.63) is 52.2 Å². The second-order valence-corrected chi connectivity index (χ2v) is 8.10. The summed E-state index contributed by atoms with van der Waals surface area (Å²) in [4.78, 5) is 29.4. The SMILES string of the molecule is O=C(C[C@]1(O)C(=O)N(C[NH+]2CCCCC2)c2ccccc21)c1cccs1. The minimum Gasteiger partial charge on any atom is -0.375 e. The molecule has 2 aliphatic heterocycles. The van der Waals surface area contributed by atoms with E-state index in [-0.39, 0.29) is 18.1 Å². The zero-order valence-electron chi connectivity index (χ0n) is 14.6. The molecule has 2 aromatic rings. The molecule has 26 heavy (non-hydrogen) atoms. The number of fused-ring (bicyclic) bond motifs is 1. The largest absolute Gasteiger partial charge is 0.375 e. The fraction of sp³-hybridized carbons (Fsp3) is 0.400. The number of anilines is 1. The number of carbonyl (C=O) groups is 2. The van der Waals surface area contributed by atoms with Crippen molar-refractivity contribution < 1.29 is 19.6 Å². The smallest absolute Gasteiger partial charge is 0.268 e. The molecular formula is C20H23N2O3S+. The molecule has 0 unspecified atom stereocenters. The lowest BCUT2D eigenvalue weighted by Gasteiger charge is -2.29. The third-order valence-electron chi connectivity index (χ3n) is 5.39. The van der Waals surface area contributed by atoms with Crippen LogP contribution in [0.2, 0.25) is 0 Å². The van der Waals surface area contributed by atoms with E-state index in [1.165, 1.54) is 35.5 Å². The molecule has 1 fully saturated rings. The number of hydrogen-bond acceptors (Lipinski definition) is 4. The molecule has 2 aliphatic rings. The van der Waals surface area contributed by atoms with Crippen LogP contribution in [0.4, 0.5) is 5.69 Å². The Morgan fingerprint density at radius 1 is 1.15 bits per heavy atom. The highest BCUT2D eigenvalue weighted by Gasteiger charge is 2.51. The van der Waals surface area contributed by atoms with E-state index in [0.29, 0.717) is 17.1 Å². The third-order valence-corrected chi connectivity index (χ3v) is 6.31. The molecule has 6 heteroatoms. The van der Waals surface area contributed by atoms with Crippen molar-refractivity contribution in [3.8, 4) is 0 Å². The summed E-state index contributed by atoms with van der Waals surface area (Å²) in [7, 11) is 0. The molecule has 1 aromatic carbocycles. The summed E-state index contributed by atoms with van der Waals surface area (Å²) >= 11 is 1.34. The Morgan fingerprint density at radius 2 is 1.92 bits per heavy atom. The minimum absolute atomic E-state index is 0.196. The summed E-state index contributed by atoms with van der Waals surface area (Å²) in [5, 5.41) is 13.1. The van der Waals surface area contributed by atoms with Gasteiger partial charge in [0.2, 0.25) is 0 Å². The van der Waals surface area contributed by atoms with Gasteiger partial charge in [-0.05, 0) is 36.8 Å². The molecule has 4 rings (SSSR count). The first kappa shape index (κ1) is 17.4. The van der Waals surface area contributed by atoms with E-state index in [2.05, 4.69) is 0 Å². The van der Waals surface area contributed by atoms with Gasteiger partial charge >= 0.3 is 0 Å². The van der Waals surface area contributed by atoms with Crippen LogP contribution in [0.3, 0.4) is 0 Å². The number of piperidine rings is 1.